The average molecular weight is 363 g/mol. The lowest BCUT2D eigenvalue weighted by atomic mass is 9.95. The molecule has 1 unspecified atom stereocenters. The summed E-state index contributed by atoms with van der Waals surface area (Å²) in [5.74, 6) is -0.928. The summed E-state index contributed by atoms with van der Waals surface area (Å²) >= 11 is 5.91. The van der Waals surface area contributed by atoms with E-state index in [2.05, 4.69) is 10.6 Å². The minimum Gasteiger partial charge on any atom is -0.324 e. The summed E-state index contributed by atoms with van der Waals surface area (Å²) in [4.78, 5) is 37.6. The first-order valence-electron chi connectivity index (χ1n) is 7.94. The number of anilines is 1. The smallest absolute Gasteiger partial charge is 0.324 e. The topological polar surface area (TPSA) is 102 Å². The molecule has 7 nitrogen and oxygen atoms in total. The van der Waals surface area contributed by atoms with Gasteiger partial charge in [-0.2, -0.15) is 5.26 Å². The highest BCUT2D eigenvalue weighted by Gasteiger charge is 2.47. The van der Waals surface area contributed by atoms with Gasteiger partial charge in [0.05, 0.1) is 10.6 Å². The Morgan fingerprint density at radius 2 is 2.16 bits per heavy atom. The van der Waals surface area contributed by atoms with Crippen LogP contribution in [0, 0.1) is 11.3 Å². The van der Waals surface area contributed by atoms with Crippen molar-refractivity contribution in [2.75, 3.05) is 11.9 Å². The van der Waals surface area contributed by atoms with Gasteiger partial charge in [0.1, 0.15) is 18.2 Å². The van der Waals surface area contributed by atoms with E-state index in [1.54, 1.807) is 6.92 Å². The number of imide groups is 1. The summed E-state index contributed by atoms with van der Waals surface area (Å²) in [5, 5.41) is 14.3. The van der Waals surface area contributed by atoms with Crippen molar-refractivity contribution in [3.63, 3.8) is 0 Å². The molecule has 1 atom stereocenters. The Morgan fingerprint density at radius 3 is 2.76 bits per heavy atom. The normalized spacial score (nSPS) is 19.5. The molecule has 0 aliphatic carbocycles. The van der Waals surface area contributed by atoms with E-state index in [1.165, 1.54) is 18.2 Å². The number of nitrogens with one attached hydrogen (secondary N) is 2. The Bertz CT molecular complexity index is 759. The molecule has 0 radical (unpaired) electrons. The van der Waals surface area contributed by atoms with Crippen LogP contribution in [0.2, 0.25) is 5.02 Å². The Labute approximate surface area is 150 Å². The van der Waals surface area contributed by atoms with Crippen molar-refractivity contribution in [3.8, 4) is 6.07 Å². The zero-order valence-electron chi connectivity index (χ0n) is 14.1. The van der Waals surface area contributed by atoms with Crippen LogP contribution in [0.1, 0.15) is 38.7 Å². The van der Waals surface area contributed by atoms with Crippen molar-refractivity contribution >= 4 is 35.1 Å². The SMILES string of the molecule is CCCCC1(C)NC(=O)N(CC(=O)Nc2ccc(C#N)c(Cl)c2)C1=O. The number of amides is 4. The molecule has 0 spiro atoms. The number of unbranched alkanes of at least 4 members (excludes halogenated alkanes) is 1. The molecule has 132 valence electrons. The van der Waals surface area contributed by atoms with Gasteiger partial charge in [0, 0.05) is 5.69 Å². The molecule has 0 bridgehead atoms. The van der Waals surface area contributed by atoms with Gasteiger partial charge < -0.3 is 10.6 Å². The largest absolute Gasteiger partial charge is 0.325 e. The zero-order chi connectivity index (χ0) is 18.6. The Kier molecular flexibility index (Phi) is 5.65. The maximum absolute atomic E-state index is 12.5. The highest BCUT2D eigenvalue weighted by Crippen LogP contribution is 2.24. The van der Waals surface area contributed by atoms with Crippen molar-refractivity contribution in [1.82, 2.24) is 10.2 Å². The number of carbonyl (C=O) groups is 3. The van der Waals surface area contributed by atoms with E-state index in [9.17, 15) is 14.4 Å². The van der Waals surface area contributed by atoms with Crippen LogP contribution >= 0.6 is 11.6 Å². The highest BCUT2D eigenvalue weighted by molar-refractivity contribution is 6.32. The molecular weight excluding hydrogens is 344 g/mol. The van der Waals surface area contributed by atoms with Crippen molar-refractivity contribution in [3.05, 3.63) is 28.8 Å². The van der Waals surface area contributed by atoms with E-state index in [-0.39, 0.29) is 11.6 Å². The molecule has 4 amide bonds. The third kappa shape index (κ3) is 4.09. The molecule has 1 heterocycles. The molecule has 2 N–H and O–H groups in total. The molecule has 2 rings (SSSR count). The van der Waals surface area contributed by atoms with Gasteiger partial charge in [0.2, 0.25) is 5.91 Å². The summed E-state index contributed by atoms with van der Waals surface area (Å²) in [6.07, 6.45) is 2.22. The number of urea groups is 1. The second kappa shape index (κ2) is 7.53. The Balaban J connectivity index is 2.03. The summed E-state index contributed by atoms with van der Waals surface area (Å²) in [7, 11) is 0. The second-order valence-electron chi connectivity index (χ2n) is 6.11. The molecule has 1 aromatic rings. The first kappa shape index (κ1) is 18.7. The van der Waals surface area contributed by atoms with Crippen molar-refractivity contribution in [1.29, 1.82) is 5.26 Å². The number of hydrogen-bond acceptors (Lipinski definition) is 4. The molecular formula is C17H19ClN4O3. The molecule has 1 aliphatic rings. The van der Waals surface area contributed by atoms with E-state index in [4.69, 9.17) is 16.9 Å². The van der Waals surface area contributed by atoms with Crippen LogP contribution in [0.4, 0.5) is 10.5 Å². The number of rotatable bonds is 6. The van der Waals surface area contributed by atoms with E-state index in [1.807, 2.05) is 13.0 Å². The summed E-state index contributed by atoms with van der Waals surface area (Å²) < 4.78 is 0. The molecule has 25 heavy (non-hydrogen) atoms. The Morgan fingerprint density at radius 1 is 1.44 bits per heavy atom. The van der Waals surface area contributed by atoms with E-state index in [0.717, 1.165) is 17.7 Å². The number of benzene rings is 1. The third-order valence-electron chi connectivity index (χ3n) is 4.05. The number of hydrogen-bond donors (Lipinski definition) is 2. The molecule has 8 heteroatoms. The second-order valence-corrected chi connectivity index (χ2v) is 6.52. The van der Waals surface area contributed by atoms with Crippen LogP contribution in [0.25, 0.3) is 0 Å². The maximum atomic E-state index is 12.5. The third-order valence-corrected chi connectivity index (χ3v) is 4.36. The fourth-order valence-corrected chi connectivity index (χ4v) is 2.84. The lowest BCUT2D eigenvalue weighted by Gasteiger charge is -2.21. The van der Waals surface area contributed by atoms with E-state index < -0.39 is 23.4 Å². The fourth-order valence-electron chi connectivity index (χ4n) is 2.62. The maximum Gasteiger partial charge on any atom is 0.325 e. The van der Waals surface area contributed by atoms with Gasteiger partial charge >= 0.3 is 6.03 Å². The quantitative estimate of drug-likeness (QED) is 0.759. The Hall–Kier alpha value is -2.59. The van der Waals surface area contributed by atoms with Gasteiger partial charge in [0.15, 0.2) is 0 Å². The van der Waals surface area contributed by atoms with Crippen molar-refractivity contribution in [2.45, 2.75) is 38.6 Å². The summed E-state index contributed by atoms with van der Waals surface area (Å²) in [5.41, 5.74) is -0.291. The predicted molar refractivity (Wildman–Crippen MR) is 93.0 cm³/mol. The number of nitriles is 1. The van der Waals surface area contributed by atoms with Gasteiger partial charge in [-0.25, -0.2) is 4.79 Å². The van der Waals surface area contributed by atoms with Crippen LogP contribution in [0.15, 0.2) is 18.2 Å². The molecule has 1 saturated heterocycles. The number of nitrogens with zero attached hydrogens (tertiary/aromatic N) is 2. The van der Waals surface area contributed by atoms with Crippen LogP contribution < -0.4 is 10.6 Å². The lowest BCUT2D eigenvalue weighted by molar-refractivity contribution is -0.133. The van der Waals surface area contributed by atoms with Crippen molar-refractivity contribution < 1.29 is 14.4 Å². The van der Waals surface area contributed by atoms with Gasteiger partial charge in [0.25, 0.3) is 5.91 Å². The van der Waals surface area contributed by atoms with E-state index in [0.29, 0.717) is 17.7 Å². The van der Waals surface area contributed by atoms with Crippen molar-refractivity contribution in [2.24, 2.45) is 0 Å². The van der Waals surface area contributed by atoms with Gasteiger partial charge in [-0.3, -0.25) is 14.5 Å². The van der Waals surface area contributed by atoms with Crippen LogP contribution in [-0.4, -0.2) is 34.8 Å². The zero-order valence-corrected chi connectivity index (χ0v) is 14.8. The minimum absolute atomic E-state index is 0.211. The van der Waals surface area contributed by atoms with Gasteiger partial charge in [-0.1, -0.05) is 31.4 Å². The summed E-state index contributed by atoms with van der Waals surface area (Å²) in [6, 6.07) is 5.80. The highest BCUT2D eigenvalue weighted by atomic mass is 35.5. The molecule has 1 aliphatic heterocycles. The van der Waals surface area contributed by atoms with Gasteiger partial charge in [-0.15, -0.1) is 0 Å². The number of halogens is 1. The first-order valence-corrected chi connectivity index (χ1v) is 8.32. The predicted octanol–water partition coefficient (Wildman–Crippen LogP) is 2.65. The van der Waals surface area contributed by atoms with Crippen LogP contribution in [0.3, 0.4) is 0 Å². The fraction of sp³-hybridized carbons (Fsp3) is 0.412. The number of carbonyl (C=O) groups excluding carboxylic acids is 3. The minimum atomic E-state index is -0.967. The lowest BCUT2D eigenvalue weighted by Crippen LogP contribution is -2.44. The monoisotopic (exact) mass is 362 g/mol. The molecule has 0 saturated carbocycles. The van der Waals surface area contributed by atoms with E-state index >= 15 is 0 Å². The molecule has 1 aromatic carbocycles. The summed E-state index contributed by atoms with van der Waals surface area (Å²) in [6.45, 7) is 3.28. The standard InChI is InChI=1S/C17H19ClN4O3/c1-3-4-7-17(2)15(24)22(16(25)21-17)10-14(23)20-12-6-5-11(9-19)13(18)8-12/h5-6,8H,3-4,7,10H2,1-2H3,(H,20,23)(H,21,25). The first-order chi connectivity index (χ1) is 11.8. The van der Waals surface area contributed by atoms with Crippen LogP contribution in [-0.2, 0) is 9.59 Å². The van der Waals surface area contributed by atoms with Gasteiger partial charge in [-0.05, 0) is 31.5 Å². The van der Waals surface area contributed by atoms with Crippen LogP contribution in [0.5, 0.6) is 0 Å². The average Bonchev–Trinajstić information content (AvgIpc) is 2.77. The molecule has 0 aromatic heterocycles. The molecule has 1 fully saturated rings.